The third-order valence-corrected chi connectivity index (χ3v) is 5.05. The molecule has 1 saturated heterocycles. The smallest absolute Gasteiger partial charge is 0.208 e. The maximum absolute atomic E-state index is 7.00. The SMILES string of the molecule is CO.c1ccc([SiH]2CCCCO2)cc1. The number of rotatable bonds is 1. The van der Waals surface area contributed by atoms with Crippen LogP contribution in [-0.4, -0.2) is 27.9 Å². The molecule has 2 rings (SSSR count). The monoisotopic (exact) mass is 210 g/mol. The normalized spacial score (nSPS) is 20.9. The highest BCUT2D eigenvalue weighted by Crippen LogP contribution is 2.10. The Kier molecular flexibility index (Phi) is 5.52. The predicted molar refractivity (Wildman–Crippen MR) is 61.4 cm³/mol. The van der Waals surface area contributed by atoms with Crippen LogP contribution in [0.1, 0.15) is 12.8 Å². The van der Waals surface area contributed by atoms with E-state index in [0.29, 0.717) is 0 Å². The molecule has 1 aromatic carbocycles. The first-order valence-corrected chi connectivity index (χ1v) is 6.94. The third-order valence-electron chi connectivity index (χ3n) is 2.35. The van der Waals surface area contributed by atoms with Crippen molar-refractivity contribution < 1.29 is 9.53 Å². The minimum absolute atomic E-state index is 0.984. The third kappa shape index (κ3) is 3.25. The Balaban J connectivity index is 0.000000461. The summed E-state index contributed by atoms with van der Waals surface area (Å²) in [6, 6.07) is 12.0. The lowest BCUT2D eigenvalue weighted by Gasteiger charge is -2.21. The second kappa shape index (κ2) is 6.76. The number of hydrogen-bond acceptors (Lipinski definition) is 2. The van der Waals surface area contributed by atoms with Crippen LogP contribution in [0.25, 0.3) is 0 Å². The fraction of sp³-hybridized carbons (Fsp3) is 0.455. The molecule has 1 fully saturated rings. The first kappa shape index (κ1) is 11.4. The predicted octanol–water partition coefficient (Wildman–Crippen LogP) is 1.04. The van der Waals surface area contributed by atoms with Crippen LogP contribution in [0.5, 0.6) is 0 Å². The van der Waals surface area contributed by atoms with Crippen LogP contribution in [0.4, 0.5) is 0 Å². The van der Waals surface area contributed by atoms with E-state index in [-0.39, 0.29) is 0 Å². The molecule has 0 radical (unpaired) electrons. The van der Waals surface area contributed by atoms with Crippen molar-refractivity contribution in [3.63, 3.8) is 0 Å². The maximum atomic E-state index is 7.00. The molecule has 78 valence electrons. The van der Waals surface area contributed by atoms with Crippen LogP contribution in [0, 0.1) is 0 Å². The Morgan fingerprint density at radius 1 is 1.14 bits per heavy atom. The summed E-state index contributed by atoms with van der Waals surface area (Å²) in [5.74, 6) is 0. The summed E-state index contributed by atoms with van der Waals surface area (Å²) in [5, 5.41) is 8.47. The van der Waals surface area contributed by atoms with E-state index in [0.717, 1.165) is 13.7 Å². The van der Waals surface area contributed by atoms with Gasteiger partial charge in [-0.15, -0.1) is 0 Å². The van der Waals surface area contributed by atoms with Crippen molar-refractivity contribution in [2.75, 3.05) is 13.7 Å². The van der Waals surface area contributed by atoms with Gasteiger partial charge in [0.15, 0.2) is 0 Å². The Bertz CT molecular complexity index is 232. The highest BCUT2D eigenvalue weighted by molar-refractivity contribution is 6.67. The van der Waals surface area contributed by atoms with Gasteiger partial charge >= 0.3 is 0 Å². The van der Waals surface area contributed by atoms with Gasteiger partial charge in [-0.25, -0.2) is 0 Å². The largest absolute Gasteiger partial charge is 0.415 e. The summed E-state index contributed by atoms with van der Waals surface area (Å²) in [6.45, 7) is 0.992. The molecule has 0 spiro atoms. The molecule has 1 aromatic rings. The van der Waals surface area contributed by atoms with Gasteiger partial charge in [0.1, 0.15) is 0 Å². The first-order chi connectivity index (χ1) is 6.97. The van der Waals surface area contributed by atoms with Gasteiger partial charge in [0.25, 0.3) is 0 Å². The summed E-state index contributed by atoms with van der Waals surface area (Å²) >= 11 is 0. The standard InChI is InChI=1S/C10H14OSi.CH4O/c1-2-6-10(7-3-1)12-9-5-4-8-11-12;1-2/h1-3,6-7,12H,4-5,8-9H2;2H,1H3. The van der Waals surface area contributed by atoms with Crippen LogP contribution < -0.4 is 5.19 Å². The molecule has 1 heterocycles. The second-order valence-corrected chi connectivity index (χ2v) is 5.82. The van der Waals surface area contributed by atoms with E-state index in [1.165, 1.54) is 24.1 Å². The van der Waals surface area contributed by atoms with E-state index in [1.54, 1.807) is 0 Å². The van der Waals surface area contributed by atoms with Gasteiger partial charge in [0, 0.05) is 13.7 Å². The highest BCUT2D eigenvalue weighted by Gasteiger charge is 2.17. The summed E-state index contributed by atoms with van der Waals surface area (Å²) in [4.78, 5) is 0. The summed E-state index contributed by atoms with van der Waals surface area (Å²) in [6.07, 6.45) is 2.63. The quantitative estimate of drug-likeness (QED) is 0.702. The topological polar surface area (TPSA) is 29.5 Å². The van der Waals surface area contributed by atoms with Gasteiger partial charge in [-0.2, -0.15) is 0 Å². The van der Waals surface area contributed by atoms with Crippen LogP contribution in [0.2, 0.25) is 6.04 Å². The number of aliphatic hydroxyl groups is 1. The van der Waals surface area contributed by atoms with Crippen molar-refractivity contribution in [3.05, 3.63) is 30.3 Å². The van der Waals surface area contributed by atoms with E-state index in [9.17, 15) is 0 Å². The fourth-order valence-electron chi connectivity index (χ4n) is 1.67. The van der Waals surface area contributed by atoms with E-state index >= 15 is 0 Å². The lowest BCUT2D eigenvalue weighted by molar-refractivity contribution is 0.294. The zero-order chi connectivity index (χ0) is 10.2. The molecule has 0 bridgehead atoms. The molecule has 0 aromatic heterocycles. The zero-order valence-corrected chi connectivity index (χ0v) is 9.80. The molecule has 14 heavy (non-hydrogen) atoms. The molecule has 0 aliphatic carbocycles. The molecule has 1 unspecified atom stereocenters. The molecular weight excluding hydrogens is 192 g/mol. The zero-order valence-electron chi connectivity index (χ0n) is 8.65. The van der Waals surface area contributed by atoms with Crippen molar-refractivity contribution in [1.82, 2.24) is 0 Å². The van der Waals surface area contributed by atoms with Crippen molar-refractivity contribution in [1.29, 1.82) is 0 Å². The van der Waals surface area contributed by atoms with E-state index in [2.05, 4.69) is 30.3 Å². The van der Waals surface area contributed by atoms with E-state index in [1.807, 2.05) is 0 Å². The summed E-state index contributed by atoms with van der Waals surface area (Å²) < 4.78 is 5.80. The van der Waals surface area contributed by atoms with Crippen LogP contribution in [-0.2, 0) is 4.43 Å². The Morgan fingerprint density at radius 3 is 2.43 bits per heavy atom. The summed E-state index contributed by atoms with van der Waals surface area (Å²) in [7, 11) is 0.0155. The second-order valence-electron chi connectivity index (χ2n) is 3.27. The molecule has 3 heteroatoms. The molecule has 1 aliphatic rings. The van der Waals surface area contributed by atoms with Gasteiger partial charge in [0.2, 0.25) is 9.04 Å². The van der Waals surface area contributed by atoms with Crippen molar-refractivity contribution in [2.45, 2.75) is 18.9 Å². The Morgan fingerprint density at radius 2 is 1.86 bits per heavy atom. The fourth-order valence-corrected chi connectivity index (χ4v) is 4.13. The summed E-state index contributed by atoms with van der Waals surface area (Å²) in [5.41, 5.74) is 0. The van der Waals surface area contributed by atoms with Crippen LogP contribution in [0.3, 0.4) is 0 Å². The van der Waals surface area contributed by atoms with Crippen LogP contribution in [0.15, 0.2) is 30.3 Å². The van der Waals surface area contributed by atoms with Gasteiger partial charge in [0.05, 0.1) is 0 Å². The molecular formula is C11H18O2Si. The van der Waals surface area contributed by atoms with Gasteiger partial charge in [-0.3, -0.25) is 0 Å². The van der Waals surface area contributed by atoms with Crippen molar-refractivity contribution in [3.8, 4) is 0 Å². The van der Waals surface area contributed by atoms with Gasteiger partial charge < -0.3 is 9.53 Å². The molecule has 0 amide bonds. The number of aliphatic hydroxyl groups excluding tert-OH is 1. The molecule has 0 saturated carbocycles. The number of hydrogen-bond donors (Lipinski definition) is 1. The Hall–Kier alpha value is -0.643. The van der Waals surface area contributed by atoms with Crippen molar-refractivity contribution in [2.24, 2.45) is 0 Å². The van der Waals surface area contributed by atoms with Crippen LogP contribution >= 0.6 is 0 Å². The van der Waals surface area contributed by atoms with E-state index < -0.39 is 9.04 Å². The average Bonchev–Trinajstić information content (AvgIpc) is 2.34. The lowest BCUT2D eigenvalue weighted by atomic mass is 10.3. The highest BCUT2D eigenvalue weighted by atomic mass is 28.3. The molecule has 2 nitrogen and oxygen atoms in total. The van der Waals surface area contributed by atoms with Gasteiger partial charge in [-0.05, 0) is 17.7 Å². The lowest BCUT2D eigenvalue weighted by Crippen LogP contribution is -2.36. The van der Waals surface area contributed by atoms with Crippen molar-refractivity contribution >= 4 is 14.2 Å². The average molecular weight is 210 g/mol. The molecule has 1 N–H and O–H groups in total. The van der Waals surface area contributed by atoms with E-state index in [4.69, 9.17) is 9.53 Å². The Labute approximate surface area is 87.3 Å². The first-order valence-electron chi connectivity index (χ1n) is 5.08. The minimum Gasteiger partial charge on any atom is -0.415 e. The molecule has 1 aliphatic heterocycles. The van der Waals surface area contributed by atoms with Gasteiger partial charge in [-0.1, -0.05) is 36.8 Å². The molecule has 1 atom stereocenters. The number of benzene rings is 1. The minimum atomic E-state index is -0.984. The maximum Gasteiger partial charge on any atom is 0.208 e.